The number of anilines is 2. The number of nitrogens with two attached hydrogens (primary N) is 1. The molecule has 0 unspecified atom stereocenters. The van der Waals surface area contributed by atoms with Crippen molar-refractivity contribution in [3.05, 3.63) is 52.7 Å². The molecule has 0 aliphatic heterocycles. The standard InChI is InChI=1S/C15H17N5O3S/c16-12-3-1-2-4-13(12)24-10-15(21)18-8-7-17-14-6-5-11(9-19-14)20(22)23/h1-6,9H,7-8,10,16H2,(H,17,19)(H,18,21). The van der Waals surface area contributed by atoms with E-state index in [1.54, 1.807) is 6.07 Å². The maximum Gasteiger partial charge on any atom is 0.287 e. The van der Waals surface area contributed by atoms with Gasteiger partial charge in [-0.1, -0.05) is 12.1 Å². The monoisotopic (exact) mass is 347 g/mol. The highest BCUT2D eigenvalue weighted by Gasteiger charge is 2.06. The predicted molar refractivity (Wildman–Crippen MR) is 94.0 cm³/mol. The van der Waals surface area contributed by atoms with Crippen molar-refractivity contribution in [3.63, 3.8) is 0 Å². The van der Waals surface area contributed by atoms with Crippen LogP contribution in [0.5, 0.6) is 0 Å². The first-order valence-corrected chi connectivity index (χ1v) is 8.13. The van der Waals surface area contributed by atoms with E-state index in [1.807, 2.05) is 18.2 Å². The molecule has 4 N–H and O–H groups in total. The van der Waals surface area contributed by atoms with Crippen LogP contribution in [0.1, 0.15) is 0 Å². The normalized spacial score (nSPS) is 10.2. The van der Waals surface area contributed by atoms with Crippen LogP contribution in [0.3, 0.4) is 0 Å². The van der Waals surface area contributed by atoms with Gasteiger partial charge in [-0.25, -0.2) is 4.98 Å². The fraction of sp³-hybridized carbons (Fsp3) is 0.200. The third-order valence-electron chi connectivity index (χ3n) is 2.99. The Balaban J connectivity index is 1.65. The van der Waals surface area contributed by atoms with E-state index in [9.17, 15) is 14.9 Å². The summed E-state index contributed by atoms with van der Waals surface area (Å²) in [5.41, 5.74) is 6.40. The van der Waals surface area contributed by atoms with Gasteiger partial charge in [0.15, 0.2) is 0 Å². The fourth-order valence-electron chi connectivity index (χ4n) is 1.80. The molecule has 0 fully saturated rings. The number of pyridine rings is 1. The van der Waals surface area contributed by atoms with Crippen molar-refractivity contribution in [1.29, 1.82) is 0 Å². The van der Waals surface area contributed by atoms with Gasteiger partial charge in [0.05, 0.1) is 10.7 Å². The van der Waals surface area contributed by atoms with Crippen LogP contribution in [0.2, 0.25) is 0 Å². The quantitative estimate of drug-likeness (QED) is 0.219. The topological polar surface area (TPSA) is 123 Å². The molecule has 0 atom stereocenters. The van der Waals surface area contributed by atoms with Crippen molar-refractivity contribution in [3.8, 4) is 0 Å². The van der Waals surface area contributed by atoms with E-state index < -0.39 is 4.92 Å². The number of benzene rings is 1. The molecule has 0 aliphatic carbocycles. The Morgan fingerprint density at radius 1 is 1.25 bits per heavy atom. The van der Waals surface area contributed by atoms with Crippen LogP contribution in [-0.2, 0) is 4.79 Å². The van der Waals surface area contributed by atoms with Crippen molar-refractivity contribution in [1.82, 2.24) is 10.3 Å². The Morgan fingerprint density at radius 3 is 2.71 bits per heavy atom. The van der Waals surface area contributed by atoms with Crippen LogP contribution in [0.25, 0.3) is 0 Å². The second kappa shape index (κ2) is 8.73. The molecule has 1 aromatic heterocycles. The van der Waals surface area contributed by atoms with Gasteiger partial charge in [-0.05, 0) is 18.2 Å². The van der Waals surface area contributed by atoms with Gasteiger partial charge in [-0.2, -0.15) is 0 Å². The van der Waals surface area contributed by atoms with Gasteiger partial charge in [-0.15, -0.1) is 11.8 Å². The van der Waals surface area contributed by atoms with E-state index in [4.69, 9.17) is 5.73 Å². The number of nitrogen functional groups attached to an aromatic ring is 1. The number of hydrogen-bond donors (Lipinski definition) is 3. The van der Waals surface area contributed by atoms with Gasteiger partial charge in [0.25, 0.3) is 5.69 Å². The number of aromatic nitrogens is 1. The lowest BCUT2D eigenvalue weighted by atomic mass is 10.3. The zero-order valence-corrected chi connectivity index (χ0v) is 13.6. The largest absolute Gasteiger partial charge is 0.398 e. The summed E-state index contributed by atoms with van der Waals surface area (Å²) in [6.07, 6.45) is 1.18. The molecule has 0 radical (unpaired) electrons. The Kier molecular flexibility index (Phi) is 6.38. The summed E-state index contributed by atoms with van der Waals surface area (Å²) in [5, 5.41) is 16.3. The average Bonchev–Trinajstić information content (AvgIpc) is 2.58. The van der Waals surface area contributed by atoms with Gasteiger partial charge in [0, 0.05) is 29.7 Å². The molecule has 1 amide bonds. The molecular formula is C15H17N5O3S. The summed E-state index contributed by atoms with van der Waals surface area (Å²) in [5.74, 6) is 0.701. The zero-order valence-electron chi connectivity index (χ0n) is 12.8. The highest BCUT2D eigenvalue weighted by atomic mass is 32.2. The Labute approximate surface area is 143 Å². The van der Waals surface area contributed by atoms with E-state index in [0.29, 0.717) is 24.6 Å². The van der Waals surface area contributed by atoms with Crippen molar-refractivity contribution in [2.45, 2.75) is 4.90 Å². The lowest BCUT2D eigenvalue weighted by Gasteiger charge is -2.08. The summed E-state index contributed by atoms with van der Waals surface area (Å²) in [6.45, 7) is 0.886. The lowest BCUT2D eigenvalue weighted by Crippen LogP contribution is -2.30. The first kappa shape index (κ1) is 17.5. The van der Waals surface area contributed by atoms with Crippen molar-refractivity contribution >= 4 is 34.9 Å². The number of nitro groups is 1. The molecule has 0 aliphatic rings. The van der Waals surface area contributed by atoms with Gasteiger partial charge in [0.2, 0.25) is 5.91 Å². The second-order valence-corrected chi connectivity index (χ2v) is 5.78. The minimum atomic E-state index is -0.506. The minimum absolute atomic E-state index is 0.0638. The number of carbonyl (C=O) groups excluding carboxylic acids is 1. The molecule has 1 heterocycles. The number of para-hydroxylation sites is 1. The van der Waals surface area contributed by atoms with Crippen LogP contribution in [0.15, 0.2) is 47.5 Å². The lowest BCUT2D eigenvalue weighted by molar-refractivity contribution is -0.385. The van der Waals surface area contributed by atoms with E-state index >= 15 is 0 Å². The number of amides is 1. The molecule has 8 nitrogen and oxygen atoms in total. The third kappa shape index (κ3) is 5.43. The maximum atomic E-state index is 11.8. The van der Waals surface area contributed by atoms with Crippen LogP contribution < -0.4 is 16.4 Å². The summed E-state index contributed by atoms with van der Waals surface area (Å²) in [7, 11) is 0. The number of carbonyl (C=O) groups is 1. The van der Waals surface area contributed by atoms with Crippen molar-refractivity contribution < 1.29 is 9.72 Å². The number of nitrogens with one attached hydrogen (secondary N) is 2. The van der Waals surface area contributed by atoms with Crippen molar-refractivity contribution in [2.75, 3.05) is 29.9 Å². The van der Waals surface area contributed by atoms with E-state index in [1.165, 1.54) is 30.1 Å². The van der Waals surface area contributed by atoms with Gasteiger partial charge in [-0.3, -0.25) is 14.9 Å². The Bertz CT molecular complexity index is 709. The Morgan fingerprint density at radius 2 is 2.04 bits per heavy atom. The molecule has 2 aromatic rings. The second-order valence-electron chi connectivity index (χ2n) is 4.76. The van der Waals surface area contributed by atoms with Crippen LogP contribution in [-0.4, -0.2) is 34.7 Å². The van der Waals surface area contributed by atoms with Gasteiger partial charge >= 0.3 is 0 Å². The summed E-state index contributed by atoms with van der Waals surface area (Å²) < 4.78 is 0. The molecule has 0 saturated heterocycles. The third-order valence-corrected chi connectivity index (χ3v) is 4.08. The first-order valence-electron chi connectivity index (χ1n) is 7.14. The molecule has 9 heteroatoms. The number of rotatable bonds is 8. The Hall–Kier alpha value is -2.81. The highest BCUT2D eigenvalue weighted by molar-refractivity contribution is 8.00. The molecule has 126 valence electrons. The minimum Gasteiger partial charge on any atom is -0.398 e. The molecule has 0 spiro atoms. The van der Waals surface area contributed by atoms with Crippen LogP contribution >= 0.6 is 11.8 Å². The SMILES string of the molecule is Nc1ccccc1SCC(=O)NCCNc1ccc([N+](=O)[O-])cn1. The molecule has 0 saturated carbocycles. The van der Waals surface area contributed by atoms with Gasteiger partial charge in [0.1, 0.15) is 12.0 Å². The van der Waals surface area contributed by atoms with Crippen LogP contribution in [0.4, 0.5) is 17.2 Å². The van der Waals surface area contributed by atoms with Gasteiger partial charge < -0.3 is 16.4 Å². The summed E-state index contributed by atoms with van der Waals surface area (Å²) >= 11 is 1.38. The fourth-order valence-corrected chi connectivity index (χ4v) is 2.60. The molecule has 24 heavy (non-hydrogen) atoms. The maximum absolute atomic E-state index is 11.8. The first-order chi connectivity index (χ1) is 11.6. The summed E-state index contributed by atoms with van der Waals surface area (Å²) in [4.78, 5) is 26.6. The smallest absolute Gasteiger partial charge is 0.287 e. The predicted octanol–water partition coefficient (Wildman–Crippen LogP) is 1.89. The molecule has 1 aromatic carbocycles. The number of nitrogens with zero attached hydrogens (tertiary/aromatic N) is 2. The average molecular weight is 347 g/mol. The number of hydrogen-bond acceptors (Lipinski definition) is 7. The molecule has 2 rings (SSSR count). The highest BCUT2D eigenvalue weighted by Crippen LogP contribution is 2.23. The van der Waals surface area contributed by atoms with Crippen molar-refractivity contribution in [2.24, 2.45) is 0 Å². The van der Waals surface area contributed by atoms with E-state index in [2.05, 4.69) is 15.6 Å². The number of thioether (sulfide) groups is 1. The zero-order chi connectivity index (χ0) is 17.4. The molecule has 0 bridgehead atoms. The van der Waals surface area contributed by atoms with E-state index in [-0.39, 0.29) is 17.3 Å². The molecular weight excluding hydrogens is 330 g/mol. The van der Waals surface area contributed by atoms with E-state index in [0.717, 1.165) is 4.90 Å². The summed E-state index contributed by atoms with van der Waals surface area (Å²) in [6, 6.07) is 10.3. The van der Waals surface area contributed by atoms with Crippen LogP contribution in [0, 0.1) is 10.1 Å².